The molecule has 4 nitrogen and oxygen atoms in total. The SMILES string of the molecule is COc1ccc(C2=NOC(CNCc3ccccc3F)C2)cc1. The van der Waals surface area contributed by atoms with Gasteiger partial charge >= 0.3 is 0 Å². The fourth-order valence-electron chi connectivity index (χ4n) is 2.50. The van der Waals surface area contributed by atoms with Crippen molar-refractivity contribution < 1.29 is 14.0 Å². The van der Waals surface area contributed by atoms with Gasteiger partial charge in [0, 0.05) is 25.1 Å². The molecule has 5 heteroatoms. The molecule has 0 aliphatic carbocycles. The van der Waals surface area contributed by atoms with E-state index in [1.165, 1.54) is 6.07 Å². The van der Waals surface area contributed by atoms with Gasteiger partial charge in [-0.2, -0.15) is 0 Å². The Morgan fingerprint density at radius 3 is 2.74 bits per heavy atom. The van der Waals surface area contributed by atoms with Crippen LogP contribution in [0.25, 0.3) is 0 Å². The van der Waals surface area contributed by atoms with Gasteiger partial charge < -0.3 is 14.9 Å². The molecule has 0 saturated heterocycles. The molecule has 1 unspecified atom stereocenters. The number of rotatable bonds is 6. The molecule has 2 aromatic rings. The van der Waals surface area contributed by atoms with Crippen molar-refractivity contribution in [3.8, 4) is 5.75 Å². The van der Waals surface area contributed by atoms with Crippen LogP contribution in [0.3, 0.4) is 0 Å². The van der Waals surface area contributed by atoms with E-state index in [9.17, 15) is 4.39 Å². The first-order valence-electron chi connectivity index (χ1n) is 7.57. The molecule has 1 aliphatic rings. The van der Waals surface area contributed by atoms with Crippen LogP contribution in [-0.4, -0.2) is 25.5 Å². The number of halogens is 1. The number of benzene rings is 2. The van der Waals surface area contributed by atoms with Gasteiger partial charge in [-0.25, -0.2) is 4.39 Å². The minimum absolute atomic E-state index is 0.0288. The first-order valence-corrected chi connectivity index (χ1v) is 7.57. The Morgan fingerprint density at radius 1 is 1.22 bits per heavy atom. The number of hydrogen-bond donors (Lipinski definition) is 1. The summed E-state index contributed by atoms with van der Waals surface area (Å²) in [6.07, 6.45) is 0.704. The number of nitrogens with one attached hydrogen (secondary N) is 1. The van der Waals surface area contributed by atoms with Gasteiger partial charge in [0.1, 0.15) is 17.7 Å². The minimum atomic E-state index is -0.192. The molecule has 0 amide bonds. The molecule has 1 N–H and O–H groups in total. The molecule has 2 aromatic carbocycles. The first-order chi connectivity index (χ1) is 11.3. The second-order valence-corrected chi connectivity index (χ2v) is 5.42. The topological polar surface area (TPSA) is 42.9 Å². The molecule has 1 heterocycles. The molecule has 0 radical (unpaired) electrons. The van der Waals surface area contributed by atoms with Crippen molar-refractivity contribution in [3.05, 3.63) is 65.5 Å². The molecular formula is C18H19FN2O2. The highest BCUT2D eigenvalue weighted by Gasteiger charge is 2.21. The molecule has 23 heavy (non-hydrogen) atoms. The summed E-state index contributed by atoms with van der Waals surface area (Å²) < 4.78 is 18.7. The Labute approximate surface area is 134 Å². The zero-order valence-electron chi connectivity index (χ0n) is 13.0. The van der Waals surface area contributed by atoms with Gasteiger partial charge in [0.05, 0.1) is 12.8 Å². The molecule has 3 rings (SSSR count). The van der Waals surface area contributed by atoms with Crippen LogP contribution in [0, 0.1) is 5.82 Å². The summed E-state index contributed by atoms with van der Waals surface area (Å²) in [4.78, 5) is 5.45. The fourth-order valence-corrected chi connectivity index (χ4v) is 2.50. The predicted molar refractivity (Wildman–Crippen MR) is 87.1 cm³/mol. The quantitative estimate of drug-likeness (QED) is 0.891. The van der Waals surface area contributed by atoms with E-state index >= 15 is 0 Å². The molecule has 0 aromatic heterocycles. The van der Waals surface area contributed by atoms with Gasteiger partial charge in [-0.1, -0.05) is 23.4 Å². The highest BCUT2D eigenvalue weighted by molar-refractivity contribution is 6.01. The Kier molecular flexibility index (Phi) is 4.88. The molecule has 1 atom stereocenters. The van der Waals surface area contributed by atoms with E-state index in [0.717, 1.165) is 23.4 Å². The van der Waals surface area contributed by atoms with Crippen molar-refractivity contribution in [1.29, 1.82) is 0 Å². The van der Waals surface area contributed by atoms with Gasteiger partial charge in [0.2, 0.25) is 0 Å². The van der Waals surface area contributed by atoms with E-state index in [-0.39, 0.29) is 11.9 Å². The molecule has 120 valence electrons. The summed E-state index contributed by atoms with van der Waals surface area (Å²) in [7, 11) is 1.64. The largest absolute Gasteiger partial charge is 0.497 e. The monoisotopic (exact) mass is 314 g/mol. The van der Waals surface area contributed by atoms with E-state index < -0.39 is 0 Å². The lowest BCUT2D eigenvalue weighted by atomic mass is 10.0. The van der Waals surface area contributed by atoms with E-state index in [1.54, 1.807) is 19.2 Å². The Morgan fingerprint density at radius 2 is 2.00 bits per heavy atom. The van der Waals surface area contributed by atoms with Crippen molar-refractivity contribution >= 4 is 5.71 Å². The van der Waals surface area contributed by atoms with Crippen molar-refractivity contribution in [1.82, 2.24) is 5.32 Å². The maximum Gasteiger partial charge on any atom is 0.145 e. The molecule has 0 bridgehead atoms. The smallest absolute Gasteiger partial charge is 0.145 e. The van der Waals surface area contributed by atoms with Gasteiger partial charge in [0.15, 0.2) is 0 Å². The van der Waals surface area contributed by atoms with Gasteiger partial charge in [-0.05, 0) is 35.9 Å². The number of nitrogens with zero attached hydrogens (tertiary/aromatic N) is 1. The second kappa shape index (κ2) is 7.24. The average molecular weight is 314 g/mol. The zero-order chi connectivity index (χ0) is 16.1. The fraction of sp³-hybridized carbons (Fsp3) is 0.278. The third-order valence-electron chi connectivity index (χ3n) is 3.80. The lowest BCUT2D eigenvalue weighted by Crippen LogP contribution is -2.27. The number of methoxy groups -OCH3 is 1. The van der Waals surface area contributed by atoms with Gasteiger partial charge in [-0.3, -0.25) is 0 Å². The lowest BCUT2D eigenvalue weighted by Gasteiger charge is -2.10. The Balaban J connectivity index is 1.48. The van der Waals surface area contributed by atoms with Crippen LogP contribution in [0.2, 0.25) is 0 Å². The standard InChI is InChI=1S/C18H19FN2O2/c1-22-15-8-6-13(7-9-15)18-10-16(23-21-18)12-20-11-14-4-2-3-5-17(14)19/h2-9,16,20H,10-12H2,1H3. The van der Waals surface area contributed by atoms with Crippen LogP contribution in [-0.2, 0) is 11.4 Å². The third kappa shape index (κ3) is 3.87. The summed E-state index contributed by atoms with van der Waals surface area (Å²) >= 11 is 0. The van der Waals surface area contributed by atoms with Crippen LogP contribution < -0.4 is 10.1 Å². The molecule has 0 spiro atoms. The summed E-state index contributed by atoms with van der Waals surface area (Å²) in [5.41, 5.74) is 2.61. The summed E-state index contributed by atoms with van der Waals surface area (Å²) in [5, 5.41) is 7.36. The van der Waals surface area contributed by atoms with Crippen molar-refractivity contribution in [2.45, 2.75) is 19.1 Å². The van der Waals surface area contributed by atoms with Gasteiger partial charge in [-0.15, -0.1) is 0 Å². The molecule has 1 aliphatic heterocycles. The van der Waals surface area contributed by atoms with Crippen LogP contribution in [0.1, 0.15) is 17.5 Å². The molecule has 0 saturated carbocycles. The third-order valence-corrected chi connectivity index (χ3v) is 3.80. The highest BCUT2D eigenvalue weighted by atomic mass is 19.1. The number of oxime groups is 1. The minimum Gasteiger partial charge on any atom is -0.497 e. The Bertz CT molecular complexity index is 686. The van der Waals surface area contributed by atoms with Gasteiger partial charge in [0.25, 0.3) is 0 Å². The number of ether oxygens (including phenoxy) is 1. The number of hydrogen-bond acceptors (Lipinski definition) is 4. The van der Waals surface area contributed by atoms with E-state index in [0.29, 0.717) is 18.7 Å². The first kappa shape index (κ1) is 15.5. The summed E-state index contributed by atoms with van der Waals surface area (Å²) in [6, 6.07) is 14.5. The maximum absolute atomic E-state index is 13.5. The normalized spacial score (nSPS) is 16.8. The molecule has 0 fully saturated rings. The lowest BCUT2D eigenvalue weighted by molar-refractivity contribution is 0.0848. The second-order valence-electron chi connectivity index (χ2n) is 5.42. The van der Waals surface area contributed by atoms with Crippen LogP contribution in [0.4, 0.5) is 4.39 Å². The van der Waals surface area contributed by atoms with E-state index in [1.807, 2.05) is 30.3 Å². The van der Waals surface area contributed by atoms with E-state index in [2.05, 4.69) is 10.5 Å². The van der Waals surface area contributed by atoms with Crippen LogP contribution in [0.5, 0.6) is 5.75 Å². The Hall–Kier alpha value is -2.40. The maximum atomic E-state index is 13.5. The highest BCUT2D eigenvalue weighted by Crippen LogP contribution is 2.19. The summed E-state index contributed by atoms with van der Waals surface area (Å²) in [5.74, 6) is 0.624. The summed E-state index contributed by atoms with van der Waals surface area (Å²) in [6.45, 7) is 1.10. The molecular weight excluding hydrogens is 295 g/mol. The van der Waals surface area contributed by atoms with E-state index in [4.69, 9.17) is 9.57 Å². The predicted octanol–water partition coefficient (Wildman–Crippen LogP) is 3.12. The van der Waals surface area contributed by atoms with Crippen molar-refractivity contribution in [2.24, 2.45) is 5.16 Å². The average Bonchev–Trinajstić information content (AvgIpc) is 3.06. The van der Waals surface area contributed by atoms with Crippen LogP contribution >= 0.6 is 0 Å². The van der Waals surface area contributed by atoms with Crippen molar-refractivity contribution in [3.63, 3.8) is 0 Å². The van der Waals surface area contributed by atoms with Crippen LogP contribution in [0.15, 0.2) is 53.7 Å². The van der Waals surface area contributed by atoms with Crippen molar-refractivity contribution in [2.75, 3.05) is 13.7 Å². The zero-order valence-corrected chi connectivity index (χ0v) is 13.0.